The van der Waals surface area contributed by atoms with E-state index in [-0.39, 0.29) is 5.91 Å². The van der Waals surface area contributed by atoms with Gasteiger partial charge in [0.25, 0.3) is 5.91 Å². The van der Waals surface area contributed by atoms with Crippen LogP contribution in [0.15, 0.2) is 36.4 Å². The number of carbonyl (C=O) groups excluding carboxylic acids is 1. The van der Waals surface area contributed by atoms with Gasteiger partial charge in [0.1, 0.15) is 0 Å². The fraction of sp³-hybridized carbons (Fsp3) is 0.167. The van der Waals surface area contributed by atoms with E-state index >= 15 is 0 Å². The number of ether oxygens (including phenoxy) is 2. The second-order valence-corrected chi connectivity index (χ2v) is 6.19. The lowest BCUT2D eigenvalue weighted by Crippen LogP contribution is -2.03. The van der Waals surface area contributed by atoms with Gasteiger partial charge in [0.2, 0.25) is 0 Å². The van der Waals surface area contributed by atoms with Crippen molar-refractivity contribution in [3.05, 3.63) is 51.1 Å². The van der Waals surface area contributed by atoms with Crippen LogP contribution in [0.4, 0.5) is 5.69 Å². The Kier molecular flexibility index (Phi) is 4.56. The van der Waals surface area contributed by atoms with Crippen molar-refractivity contribution in [2.45, 2.75) is 6.92 Å². The first-order chi connectivity index (χ1) is 11.1. The highest BCUT2D eigenvalue weighted by molar-refractivity contribution is 14.1. The molecule has 0 unspecified atom stereocenters. The summed E-state index contributed by atoms with van der Waals surface area (Å²) in [5, 5.41) is 2.88. The maximum absolute atomic E-state index is 12.2. The summed E-state index contributed by atoms with van der Waals surface area (Å²) < 4.78 is 12.0. The number of fused-ring (bicyclic) bond motifs is 1. The highest BCUT2D eigenvalue weighted by Crippen LogP contribution is 2.37. The number of hydrogen-bond donors (Lipinski definition) is 1. The lowest BCUT2D eigenvalue weighted by Gasteiger charge is -2.12. The lowest BCUT2D eigenvalue weighted by molar-refractivity contribution is -0.110. The molecule has 0 radical (unpaired) electrons. The van der Waals surface area contributed by atoms with Crippen LogP contribution in [0.25, 0.3) is 11.6 Å². The molecule has 0 aliphatic carbocycles. The smallest absolute Gasteiger partial charge is 0.256 e. The Labute approximate surface area is 148 Å². The van der Waals surface area contributed by atoms with Gasteiger partial charge in [0.15, 0.2) is 11.5 Å². The molecule has 2 aromatic rings. The zero-order valence-corrected chi connectivity index (χ0v) is 15.0. The van der Waals surface area contributed by atoms with E-state index in [4.69, 9.17) is 9.47 Å². The van der Waals surface area contributed by atoms with Crippen LogP contribution in [-0.2, 0) is 4.79 Å². The van der Waals surface area contributed by atoms with E-state index in [1.807, 2.05) is 49.4 Å². The molecule has 118 valence electrons. The molecule has 0 aromatic heterocycles. The van der Waals surface area contributed by atoms with Crippen LogP contribution in [0, 0.1) is 3.57 Å². The molecule has 1 aliphatic rings. The predicted octanol–water partition coefficient (Wildman–Crippen LogP) is 4.19. The number of hydrogen-bond acceptors (Lipinski definition) is 3. The van der Waals surface area contributed by atoms with Crippen molar-refractivity contribution < 1.29 is 14.3 Å². The number of carbonyl (C=O) groups is 1. The van der Waals surface area contributed by atoms with Gasteiger partial charge in [0.05, 0.1) is 17.3 Å². The molecular weight excluding hydrogens is 405 g/mol. The third-order valence-corrected chi connectivity index (χ3v) is 4.36. The number of para-hydroxylation sites is 1. The van der Waals surface area contributed by atoms with Crippen molar-refractivity contribution in [2.75, 3.05) is 19.0 Å². The number of anilines is 1. The van der Waals surface area contributed by atoms with E-state index in [9.17, 15) is 4.79 Å². The monoisotopic (exact) mass is 421 g/mol. The van der Waals surface area contributed by atoms with E-state index < -0.39 is 0 Å². The fourth-order valence-corrected chi connectivity index (χ4v) is 3.34. The van der Waals surface area contributed by atoms with Crippen LogP contribution in [0.2, 0.25) is 0 Å². The fourth-order valence-electron chi connectivity index (χ4n) is 2.56. The number of halogens is 1. The van der Waals surface area contributed by atoms with Crippen LogP contribution in [-0.4, -0.2) is 19.6 Å². The maximum atomic E-state index is 12.2. The topological polar surface area (TPSA) is 47.6 Å². The van der Waals surface area contributed by atoms with Gasteiger partial charge in [-0.1, -0.05) is 18.2 Å². The van der Waals surface area contributed by atoms with Crippen LogP contribution in [0.3, 0.4) is 0 Å². The molecule has 0 bridgehead atoms. The number of benzene rings is 2. The van der Waals surface area contributed by atoms with Crippen LogP contribution in [0.5, 0.6) is 11.5 Å². The number of amides is 1. The maximum Gasteiger partial charge on any atom is 0.256 e. The zero-order chi connectivity index (χ0) is 16.4. The van der Waals surface area contributed by atoms with Crippen molar-refractivity contribution >= 4 is 45.8 Å². The molecule has 5 heteroatoms. The summed E-state index contributed by atoms with van der Waals surface area (Å²) in [5.41, 5.74) is 3.32. The quantitative estimate of drug-likeness (QED) is 0.595. The van der Waals surface area contributed by atoms with E-state index in [2.05, 4.69) is 27.9 Å². The average molecular weight is 421 g/mol. The Bertz CT molecular complexity index is 799. The van der Waals surface area contributed by atoms with Gasteiger partial charge in [-0.25, -0.2) is 0 Å². The average Bonchev–Trinajstić information content (AvgIpc) is 2.86. The Morgan fingerprint density at radius 1 is 1.26 bits per heavy atom. The molecule has 1 heterocycles. The van der Waals surface area contributed by atoms with Gasteiger partial charge >= 0.3 is 0 Å². The van der Waals surface area contributed by atoms with Crippen molar-refractivity contribution in [3.8, 4) is 11.5 Å². The SMILES string of the molecule is CCOc1c(I)cc(/C=C2\C(=O)Nc3ccccc32)cc1OC. The highest BCUT2D eigenvalue weighted by Gasteiger charge is 2.23. The lowest BCUT2D eigenvalue weighted by atomic mass is 10.0. The molecule has 1 aliphatic heterocycles. The standard InChI is InChI=1S/C18H16INO3/c1-3-23-17-14(19)9-11(10-16(17)22-2)8-13-12-6-4-5-7-15(12)20-18(13)21/h4-10H,3H2,1-2H3,(H,20,21)/b13-8-. The summed E-state index contributed by atoms with van der Waals surface area (Å²) in [6.07, 6.45) is 1.88. The summed E-state index contributed by atoms with van der Waals surface area (Å²) in [5.74, 6) is 1.31. The minimum absolute atomic E-state index is 0.0888. The van der Waals surface area contributed by atoms with Gasteiger partial charge in [-0.05, 0) is 59.4 Å². The molecule has 0 fully saturated rings. The van der Waals surface area contributed by atoms with Gasteiger partial charge in [-0.3, -0.25) is 4.79 Å². The molecule has 23 heavy (non-hydrogen) atoms. The first-order valence-electron chi connectivity index (χ1n) is 7.26. The van der Waals surface area contributed by atoms with Crippen LogP contribution >= 0.6 is 22.6 Å². The van der Waals surface area contributed by atoms with Crippen molar-refractivity contribution in [1.82, 2.24) is 0 Å². The van der Waals surface area contributed by atoms with Crippen molar-refractivity contribution in [3.63, 3.8) is 0 Å². The molecule has 4 nitrogen and oxygen atoms in total. The Balaban J connectivity index is 2.06. The predicted molar refractivity (Wildman–Crippen MR) is 99.8 cm³/mol. The Morgan fingerprint density at radius 2 is 2.04 bits per heavy atom. The number of nitrogens with one attached hydrogen (secondary N) is 1. The number of rotatable bonds is 4. The van der Waals surface area contributed by atoms with E-state index in [0.717, 1.165) is 26.1 Å². The van der Waals surface area contributed by atoms with Crippen molar-refractivity contribution in [2.24, 2.45) is 0 Å². The molecular formula is C18H16INO3. The molecule has 2 aromatic carbocycles. The molecule has 3 rings (SSSR count). The van der Waals surface area contributed by atoms with Gasteiger partial charge < -0.3 is 14.8 Å². The van der Waals surface area contributed by atoms with E-state index in [0.29, 0.717) is 17.9 Å². The molecule has 1 amide bonds. The molecule has 0 spiro atoms. The van der Waals surface area contributed by atoms with Gasteiger partial charge in [0, 0.05) is 16.8 Å². The van der Waals surface area contributed by atoms with Gasteiger partial charge in [-0.2, -0.15) is 0 Å². The normalized spacial score (nSPS) is 14.6. The second kappa shape index (κ2) is 6.62. The third kappa shape index (κ3) is 3.06. The second-order valence-electron chi connectivity index (χ2n) is 5.02. The van der Waals surface area contributed by atoms with Crippen molar-refractivity contribution in [1.29, 1.82) is 0 Å². The first kappa shape index (κ1) is 15.9. The summed E-state index contributed by atoms with van der Waals surface area (Å²) in [7, 11) is 1.61. The van der Waals surface area contributed by atoms with E-state index in [1.165, 1.54) is 0 Å². The Hall–Kier alpha value is -2.02. The summed E-state index contributed by atoms with van der Waals surface area (Å²) in [6, 6.07) is 11.5. The van der Waals surface area contributed by atoms with E-state index in [1.54, 1.807) is 7.11 Å². The summed E-state index contributed by atoms with van der Waals surface area (Å²) in [6.45, 7) is 2.51. The largest absolute Gasteiger partial charge is 0.493 e. The minimum atomic E-state index is -0.0888. The molecule has 0 saturated heterocycles. The Morgan fingerprint density at radius 3 is 2.78 bits per heavy atom. The summed E-state index contributed by atoms with van der Waals surface area (Å²) >= 11 is 2.22. The third-order valence-electron chi connectivity index (χ3n) is 3.56. The van der Waals surface area contributed by atoms with Gasteiger partial charge in [-0.15, -0.1) is 0 Å². The highest BCUT2D eigenvalue weighted by atomic mass is 127. The zero-order valence-electron chi connectivity index (χ0n) is 12.9. The first-order valence-corrected chi connectivity index (χ1v) is 8.34. The minimum Gasteiger partial charge on any atom is -0.493 e. The molecule has 1 N–H and O–H groups in total. The molecule has 0 saturated carbocycles. The summed E-state index contributed by atoms with van der Waals surface area (Å²) in [4.78, 5) is 12.2. The molecule has 0 atom stereocenters. The van der Waals surface area contributed by atoms with Crippen LogP contribution < -0.4 is 14.8 Å². The number of methoxy groups -OCH3 is 1. The van der Waals surface area contributed by atoms with Crippen LogP contribution in [0.1, 0.15) is 18.1 Å².